The van der Waals surface area contributed by atoms with Crippen molar-refractivity contribution in [3.63, 3.8) is 0 Å². The predicted molar refractivity (Wildman–Crippen MR) is 139 cm³/mol. The van der Waals surface area contributed by atoms with Crippen LogP contribution in [0.2, 0.25) is 0 Å². The van der Waals surface area contributed by atoms with Crippen LogP contribution in [0.4, 0.5) is 23.2 Å². The number of sulfone groups is 1. The number of hydrogen-bond donors (Lipinski definition) is 3. The Bertz CT molecular complexity index is 1550. The van der Waals surface area contributed by atoms with E-state index in [1.54, 1.807) is 0 Å². The van der Waals surface area contributed by atoms with Crippen LogP contribution >= 0.6 is 0 Å². The van der Waals surface area contributed by atoms with Gasteiger partial charge in [0.1, 0.15) is 11.9 Å². The molecule has 220 valence electrons. The van der Waals surface area contributed by atoms with E-state index in [1.807, 2.05) is 0 Å². The molecule has 2 amide bonds. The first-order valence-corrected chi connectivity index (χ1v) is 15.3. The van der Waals surface area contributed by atoms with Crippen molar-refractivity contribution in [1.29, 1.82) is 0 Å². The second kappa shape index (κ2) is 9.15. The van der Waals surface area contributed by atoms with Gasteiger partial charge in [-0.1, -0.05) is 6.07 Å². The molecule has 0 aromatic heterocycles. The molecule has 3 N–H and O–H groups in total. The number of hydrogen-bond acceptors (Lipinski definition) is 6. The third-order valence-electron chi connectivity index (χ3n) is 9.01. The smallest absolute Gasteiger partial charge is 0.395 e. The van der Waals surface area contributed by atoms with Crippen molar-refractivity contribution in [3.05, 3.63) is 58.9 Å². The number of alkyl halides is 3. The van der Waals surface area contributed by atoms with Crippen LogP contribution in [-0.4, -0.2) is 61.2 Å². The van der Waals surface area contributed by atoms with E-state index in [0.29, 0.717) is 31.0 Å². The van der Waals surface area contributed by atoms with E-state index in [2.05, 4.69) is 10.6 Å². The predicted octanol–water partition coefficient (Wildman–Crippen LogP) is 3.67. The molecule has 0 radical (unpaired) electrons. The Morgan fingerprint density at radius 1 is 1.15 bits per heavy atom. The molecule has 1 heterocycles. The average molecular weight is 596 g/mol. The van der Waals surface area contributed by atoms with Crippen LogP contribution in [0.3, 0.4) is 0 Å². The Labute approximate surface area is 234 Å². The fourth-order valence-corrected chi connectivity index (χ4v) is 7.18. The standard InChI is InChI=1S/C28H29F4N3O5S/c1-41(39,40)17-5-7-21(33-8-9-36)19(11-17)25(38)35-22(12-26-13-27(26,35)14-26)24(37)34-23(15-2-3-15)18-6-4-16(10-20(18)29)28(30,31)32/h4-7,10-11,15,22-23,33,36H,2-3,8-9,12-14H2,1H3,(H,34,37)/t22-,23-,26?,27?/m1/s1. The summed E-state index contributed by atoms with van der Waals surface area (Å²) in [6.45, 7) is -0.119. The third-order valence-corrected chi connectivity index (χ3v) is 10.1. The molecular formula is C28H29F4N3O5S. The van der Waals surface area contributed by atoms with Gasteiger partial charge in [-0.3, -0.25) is 9.59 Å². The van der Waals surface area contributed by atoms with Crippen LogP contribution in [-0.2, 0) is 20.8 Å². The molecule has 1 saturated heterocycles. The van der Waals surface area contributed by atoms with Gasteiger partial charge in [0.05, 0.1) is 34.2 Å². The molecule has 2 aromatic carbocycles. The summed E-state index contributed by atoms with van der Waals surface area (Å²) in [5.41, 5.74) is -1.48. The summed E-state index contributed by atoms with van der Waals surface area (Å²) in [6, 6.07) is 4.60. The minimum atomic E-state index is -4.71. The van der Waals surface area contributed by atoms with Crippen LogP contribution in [0, 0.1) is 17.2 Å². The average Bonchev–Trinajstić information content (AvgIpc) is 3.83. The highest BCUT2D eigenvalue weighted by Gasteiger charge is 2.91. The SMILES string of the molecule is CS(=O)(=O)c1ccc(NCCO)c(C(=O)N2[C@@H](C(=O)N[C@@H](c3ccc(C(F)(F)F)cc3F)C3CC3)CC34CC23C4)c1. The molecule has 6 rings (SSSR count). The highest BCUT2D eigenvalue weighted by molar-refractivity contribution is 7.90. The lowest BCUT2D eigenvalue weighted by atomic mass is 9.96. The van der Waals surface area contributed by atoms with Gasteiger partial charge < -0.3 is 20.6 Å². The quantitative estimate of drug-likeness (QED) is 0.381. The van der Waals surface area contributed by atoms with E-state index in [9.17, 15) is 40.7 Å². The molecule has 2 atom stereocenters. The zero-order valence-corrected chi connectivity index (χ0v) is 22.9. The number of aliphatic hydroxyl groups excluding tert-OH is 1. The molecule has 4 aliphatic rings. The van der Waals surface area contributed by atoms with Gasteiger partial charge in [0, 0.05) is 29.5 Å². The Hall–Kier alpha value is -3.19. The number of carbonyl (C=O) groups is 2. The minimum Gasteiger partial charge on any atom is -0.395 e. The first-order valence-electron chi connectivity index (χ1n) is 13.4. The number of aliphatic hydroxyl groups is 1. The van der Waals surface area contributed by atoms with Crippen molar-refractivity contribution in [2.24, 2.45) is 11.3 Å². The van der Waals surface area contributed by atoms with Crippen molar-refractivity contribution >= 4 is 27.3 Å². The maximum absolute atomic E-state index is 14.9. The summed E-state index contributed by atoms with van der Waals surface area (Å²) in [5, 5.41) is 15.0. The van der Waals surface area contributed by atoms with Crippen LogP contribution in [0.25, 0.3) is 0 Å². The van der Waals surface area contributed by atoms with Crippen molar-refractivity contribution < 1.29 is 40.7 Å². The lowest BCUT2D eigenvalue weighted by Gasteiger charge is -2.35. The Morgan fingerprint density at radius 2 is 1.85 bits per heavy atom. The van der Waals surface area contributed by atoms with Crippen LogP contribution in [0.5, 0.6) is 0 Å². The number of piperidine rings is 2. The van der Waals surface area contributed by atoms with E-state index in [-0.39, 0.29) is 40.5 Å². The monoisotopic (exact) mass is 595 g/mol. The summed E-state index contributed by atoms with van der Waals surface area (Å²) in [6.07, 6.45) is -0.505. The Kier molecular flexibility index (Phi) is 6.24. The number of rotatable bonds is 9. The zero-order chi connectivity index (χ0) is 29.5. The second-order valence-electron chi connectivity index (χ2n) is 11.7. The number of anilines is 1. The molecule has 8 nitrogen and oxygen atoms in total. The van der Waals surface area contributed by atoms with Crippen molar-refractivity contribution in [1.82, 2.24) is 10.2 Å². The number of likely N-dealkylation sites (tertiary alicyclic amines) is 1. The lowest BCUT2D eigenvalue weighted by molar-refractivity contribution is -0.137. The molecule has 3 aliphatic carbocycles. The lowest BCUT2D eigenvalue weighted by Crippen LogP contribution is -2.52. The van der Waals surface area contributed by atoms with Crippen molar-refractivity contribution in [2.45, 2.75) is 60.8 Å². The molecule has 1 aliphatic heterocycles. The molecule has 3 saturated carbocycles. The van der Waals surface area contributed by atoms with Gasteiger partial charge in [-0.05, 0) is 68.4 Å². The highest BCUT2D eigenvalue weighted by Crippen LogP contribution is 2.87. The van der Waals surface area contributed by atoms with Gasteiger partial charge in [-0.25, -0.2) is 12.8 Å². The summed E-state index contributed by atoms with van der Waals surface area (Å²) in [7, 11) is -3.66. The van der Waals surface area contributed by atoms with E-state index in [1.165, 1.54) is 23.1 Å². The summed E-state index contributed by atoms with van der Waals surface area (Å²) in [5.74, 6) is -2.26. The van der Waals surface area contributed by atoms with E-state index >= 15 is 0 Å². The number of carbonyl (C=O) groups excluding carboxylic acids is 2. The minimum absolute atomic E-state index is 0.0345. The topological polar surface area (TPSA) is 116 Å². The van der Waals surface area contributed by atoms with Crippen LogP contribution < -0.4 is 10.6 Å². The molecule has 0 bridgehead atoms. The first kappa shape index (κ1) is 28.0. The Balaban J connectivity index is 1.30. The van der Waals surface area contributed by atoms with Gasteiger partial charge in [0.25, 0.3) is 5.91 Å². The van der Waals surface area contributed by atoms with Gasteiger partial charge in [-0.15, -0.1) is 0 Å². The highest BCUT2D eigenvalue weighted by atomic mass is 32.2. The zero-order valence-electron chi connectivity index (χ0n) is 22.1. The molecule has 13 heteroatoms. The van der Waals surface area contributed by atoms with Crippen molar-refractivity contribution in [2.75, 3.05) is 24.7 Å². The second-order valence-corrected chi connectivity index (χ2v) is 13.8. The third kappa shape index (κ3) is 4.66. The number of nitrogens with zero attached hydrogens (tertiary/aromatic N) is 1. The number of nitrogens with one attached hydrogen (secondary N) is 2. The fraction of sp³-hybridized carbons (Fsp3) is 0.500. The van der Waals surface area contributed by atoms with Gasteiger partial charge >= 0.3 is 6.18 Å². The molecule has 0 spiro atoms. The molecule has 41 heavy (non-hydrogen) atoms. The number of benzene rings is 2. The number of halogens is 4. The molecular weight excluding hydrogens is 566 g/mol. The van der Waals surface area contributed by atoms with Crippen LogP contribution in [0.1, 0.15) is 59.6 Å². The fourth-order valence-electron chi connectivity index (χ4n) is 6.53. The van der Waals surface area contributed by atoms with Gasteiger partial charge in [0.15, 0.2) is 9.84 Å². The van der Waals surface area contributed by atoms with Crippen LogP contribution in [0.15, 0.2) is 41.3 Å². The van der Waals surface area contributed by atoms with E-state index in [0.717, 1.165) is 31.2 Å². The van der Waals surface area contributed by atoms with E-state index < -0.39 is 56.8 Å². The molecule has 2 aromatic rings. The van der Waals surface area contributed by atoms with Crippen molar-refractivity contribution in [3.8, 4) is 0 Å². The maximum Gasteiger partial charge on any atom is 0.416 e. The normalized spacial score (nSPS) is 27.1. The maximum atomic E-state index is 14.9. The summed E-state index contributed by atoms with van der Waals surface area (Å²) < 4.78 is 78.7. The van der Waals surface area contributed by atoms with Gasteiger partial charge in [-0.2, -0.15) is 13.2 Å². The van der Waals surface area contributed by atoms with E-state index in [4.69, 9.17) is 0 Å². The first-order chi connectivity index (χ1) is 19.2. The Morgan fingerprint density at radius 3 is 2.44 bits per heavy atom. The number of amides is 2. The summed E-state index contributed by atoms with van der Waals surface area (Å²) in [4.78, 5) is 29.2. The largest absolute Gasteiger partial charge is 0.416 e. The molecule has 0 unspecified atom stereocenters. The summed E-state index contributed by atoms with van der Waals surface area (Å²) >= 11 is 0. The van der Waals surface area contributed by atoms with Gasteiger partial charge in [0.2, 0.25) is 5.91 Å². The molecule has 4 fully saturated rings.